The Balaban J connectivity index is 1.99. The number of nitrogens with one attached hydrogen (secondary N) is 1. The average molecular weight is 425 g/mol. The molecule has 6 nitrogen and oxygen atoms in total. The maximum absolute atomic E-state index is 12.4. The Kier molecular flexibility index (Phi) is 6.33. The lowest BCUT2D eigenvalue weighted by Crippen LogP contribution is -2.34. The van der Waals surface area contributed by atoms with Crippen LogP contribution in [0.15, 0.2) is 34.8 Å². The molecule has 2 aromatic rings. The molecule has 0 saturated carbocycles. The number of carbonyl (C=O) groups excluding carboxylic acids is 3. The van der Waals surface area contributed by atoms with Crippen LogP contribution in [0.25, 0.3) is 0 Å². The van der Waals surface area contributed by atoms with Crippen LogP contribution in [0.5, 0.6) is 0 Å². The summed E-state index contributed by atoms with van der Waals surface area (Å²) >= 11 is 4.40. The molecule has 0 aliphatic rings. The number of benzene rings is 1. The molecule has 1 N–H and O–H groups in total. The van der Waals surface area contributed by atoms with Gasteiger partial charge in [-0.25, -0.2) is 4.79 Å². The van der Waals surface area contributed by atoms with E-state index in [-0.39, 0.29) is 18.4 Å². The summed E-state index contributed by atoms with van der Waals surface area (Å²) in [5.74, 6) is -1.12. The number of methoxy groups -OCH3 is 1. The molecule has 1 heterocycles. The van der Waals surface area contributed by atoms with Crippen LogP contribution >= 0.6 is 27.3 Å². The number of amides is 2. The average Bonchev–Trinajstić information content (AvgIpc) is 3.05. The van der Waals surface area contributed by atoms with Gasteiger partial charge < -0.3 is 15.0 Å². The van der Waals surface area contributed by atoms with Crippen LogP contribution in [-0.4, -0.2) is 43.4 Å². The number of rotatable bonds is 5. The molecule has 0 fully saturated rings. The molecule has 0 atom stereocenters. The molecule has 0 aliphatic carbocycles. The van der Waals surface area contributed by atoms with E-state index in [1.54, 1.807) is 12.1 Å². The van der Waals surface area contributed by atoms with E-state index in [1.165, 1.54) is 25.1 Å². The fourth-order valence-corrected chi connectivity index (χ4v) is 3.49. The predicted molar refractivity (Wildman–Crippen MR) is 100 cm³/mol. The Hall–Kier alpha value is -2.19. The lowest BCUT2D eigenvalue weighted by molar-refractivity contribution is -0.116. The molecule has 0 radical (unpaired) electrons. The molecule has 25 heavy (non-hydrogen) atoms. The lowest BCUT2D eigenvalue weighted by atomic mass is 10.2. The van der Waals surface area contributed by atoms with Gasteiger partial charge in [0.05, 0.1) is 18.5 Å². The van der Waals surface area contributed by atoms with Crippen LogP contribution in [0.1, 0.15) is 24.9 Å². The van der Waals surface area contributed by atoms with Gasteiger partial charge in [-0.15, -0.1) is 11.3 Å². The minimum atomic E-state index is -0.491. The predicted octanol–water partition coefficient (Wildman–Crippen LogP) is 3.32. The third kappa shape index (κ3) is 4.90. The van der Waals surface area contributed by atoms with Gasteiger partial charge >= 0.3 is 5.97 Å². The number of esters is 1. The monoisotopic (exact) mass is 424 g/mol. The van der Waals surface area contributed by atoms with Crippen molar-refractivity contribution in [3.8, 4) is 0 Å². The first-order valence-electron chi connectivity index (χ1n) is 7.31. The van der Waals surface area contributed by atoms with Crippen LogP contribution in [0.2, 0.25) is 0 Å². The van der Waals surface area contributed by atoms with Gasteiger partial charge in [0.25, 0.3) is 5.91 Å². The molecular weight excluding hydrogens is 408 g/mol. The molecule has 1 aromatic heterocycles. The van der Waals surface area contributed by atoms with Crippen molar-refractivity contribution >= 4 is 50.7 Å². The van der Waals surface area contributed by atoms with Crippen molar-refractivity contribution < 1.29 is 19.1 Å². The lowest BCUT2D eigenvalue weighted by Gasteiger charge is -2.16. The van der Waals surface area contributed by atoms with E-state index in [9.17, 15) is 14.4 Å². The van der Waals surface area contributed by atoms with E-state index in [1.807, 2.05) is 19.1 Å². The number of thiophene rings is 1. The number of ether oxygens (including phenoxy) is 1. The van der Waals surface area contributed by atoms with Crippen molar-refractivity contribution in [2.24, 2.45) is 0 Å². The standard InChI is InChI=1S/C17H17BrN2O4S/c1-10-8-11(18)4-5-12(10)19-15(21)9-20(2)16(22)13-6-7-14(25-13)17(23)24-3/h4-8H,9H2,1-3H3,(H,19,21). The third-order valence-corrected chi connectivity index (χ3v) is 4.94. The number of halogens is 1. The van der Waals surface area contributed by atoms with Gasteiger partial charge in [-0.05, 0) is 42.8 Å². The quantitative estimate of drug-likeness (QED) is 0.746. The van der Waals surface area contributed by atoms with Crippen LogP contribution in [0, 0.1) is 6.92 Å². The van der Waals surface area contributed by atoms with E-state index in [2.05, 4.69) is 26.0 Å². The smallest absolute Gasteiger partial charge is 0.348 e. The second-order valence-electron chi connectivity index (χ2n) is 5.32. The van der Waals surface area contributed by atoms with Gasteiger partial charge in [-0.1, -0.05) is 15.9 Å². The van der Waals surface area contributed by atoms with Gasteiger partial charge in [-0.3, -0.25) is 9.59 Å². The topological polar surface area (TPSA) is 75.7 Å². The Morgan fingerprint density at radius 1 is 1.20 bits per heavy atom. The van der Waals surface area contributed by atoms with Crippen molar-refractivity contribution in [1.82, 2.24) is 4.90 Å². The van der Waals surface area contributed by atoms with E-state index in [0.29, 0.717) is 15.4 Å². The summed E-state index contributed by atoms with van der Waals surface area (Å²) in [6.07, 6.45) is 0. The van der Waals surface area contributed by atoms with E-state index in [0.717, 1.165) is 21.4 Å². The van der Waals surface area contributed by atoms with E-state index >= 15 is 0 Å². The normalized spacial score (nSPS) is 10.2. The molecule has 1 aromatic carbocycles. The zero-order valence-corrected chi connectivity index (χ0v) is 16.4. The first-order chi connectivity index (χ1) is 11.8. The van der Waals surface area contributed by atoms with Crippen molar-refractivity contribution in [3.63, 3.8) is 0 Å². The minimum Gasteiger partial charge on any atom is -0.465 e. The summed E-state index contributed by atoms with van der Waals surface area (Å²) in [7, 11) is 2.82. The summed E-state index contributed by atoms with van der Waals surface area (Å²) < 4.78 is 5.54. The minimum absolute atomic E-state index is 0.0974. The second kappa shape index (κ2) is 8.26. The van der Waals surface area contributed by atoms with Crippen molar-refractivity contribution in [2.75, 3.05) is 26.0 Å². The molecule has 0 saturated heterocycles. The third-order valence-electron chi connectivity index (χ3n) is 3.39. The number of anilines is 1. The van der Waals surface area contributed by atoms with E-state index < -0.39 is 5.97 Å². The van der Waals surface area contributed by atoms with Crippen LogP contribution < -0.4 is 5.32 Å². The second-order valence-corrected chi connectivity index (χ2v) is 7.32. The molecule has 0 spiro atoms. The molecule has 8 heteroatoms. The number of likely N-dealkylation sites (N-methyl/N-ethyl adjacent to an activating group) is 1. The Morgan fingerprint density at radius 3 is 2.52 bits per heavy atom. The van der Waals surface area contributed by atoms with Crippen molar-refractivity contribution in [2.45, 2.75) is 6.92 Å². The summed E-state index contributed by atoms with van der Waals surface area (Å²) in [6.45, 7) is 1.79. The maximum atomic E-state index is 12.4. The molecule has 0 bridgehead atoms. The highest BCUT2D eigenvalue weighted by atomic mass is 79.9. The molecule has 0 unspecified atom stereocenters. The van der Waals surface area contributed by atoms with Gasteiger partial charge in [0.1, 0.15) is 4.88 Å². The van der Waals surface area contributed by atoms with Gasteiger partial charge in [0.15, 0.2) is 0 Å². The fraction of sp³-hybridized carbons (Fsp3) is 0.235. The number of nitrogens with zero attached hydrogens (tertiary/aromatic N) is 1. The zero-order chi connectivity index (χ0) is 18.6. The van der Waals surface area contributed by atoms with Crippen LogP contribution in [0.4, 0.5) is 5.69 Å². The highest BCUT2D eigenvalue weighted by molar-refractivity contribution is 9.10. The number of hydrogen-bond donors (Lipinski definition) is 1. The van der Waals surface area contributed by atoms with Crippen molar-refractivity contribution in [3.05, 3.63) is 50.1 Å². The summed E-state index contributed by atoms with van der Waals surface area (Å²) in [5, 5.41) is 2.78. The number of aryl methyl sites for hydroxylation is 1. The Morgan fingerprint density at radius 2 is 1.88 bits per heavy atom. The largest absolute Gasteiger partial charge is 0.465 e. The first-order valence-corrected chi connectivity index (χ1v) is 8.92. The summed E-state index contributed by atoms with van der Waals surface area (Å²) in [6, 6.07) is 8.60. The Bertz CT molecular complexity index is 819. The van der Waals surface area contributed by atoms with E-state index in [4.69, 9.17) is 0 Å². The van der Waals surface area contributed by atoms with Gasteiger partial charge in [0.2, 0.25) is 5.91 Å². The van der Waals surface area contributed by atoms with Gasteiger partial charge in [-0.2, -0.15) is 0 Å². The zero-order valence-electron chi connectivity index (χ0n) is 14.0. The number of hydrogen-bond acceptors (Lipinski definition) is 5. The summed E-state index contributed by atoms with van der Waals surface area (Å²) in [5.41, 5.74) is 1.61. The number of carbonyl (C=O) groups is 3. The van der Waals surface area contributed by atoms with Gasteiger partial charge in [0, 0.05) is 17.2 Å². The highest BCUT2D eigenvalue weighted by Gasteiger charge is 2.19. The molecule has 132 valence electrons. The molecule has 0 aliphatic heterocycles. The van der Waals surface area contributed by atoms with Crippen molar-refractivity contribution in [1.29, 1.82) is 0 Å². The first kappa shape index (κ1) is 19.1. The summed E-state index contributed by atoms with van der Waals surface area (Å²) in [4.78, 5) is 38.0. The SMILES string of the molecule is COC(=O)c1ccc(C(=O)N(C)CC(=O)Nc2ccc(Br)cc2C)s1. The highest BCUT2D eigenvalue weighted by Crippen LogP contribution is 2.21. The molecule has 2 rings (SSSR count). The van der Waals surface area contributed by atoms with Crippen LogP contribution in [-0.2, 0) is 9.53 Å². The molecule has 2 amide bonds. The van der Waals surface area contributed by atoms with Crippen LogP contribution in [0.3, 0.4) is 0 Å². The Labute approximate surface area is 157 Å². The molecular formula is C17H17BrN2O4S. The maximum Gasteiger partial charge on any atom is 0.348 e. The fourth-order valence-electron chi connectivity index (χ4n) is 2.10.